The van der Waals surface area contributed by atoms with Gasteiger partial charge in [0.25, 0.3) is 0 Å². The van der Waals surface area contributed by atoms with Crippen molar-refractivity contribution in [3.05, 3.63) is 24.3 Å². The third kappa shape index (κ3) is 4.37. The van der Waals surface area contributed by atoms with Crippen LogP contribution in [0.5, 0.6) is 0 Å². The van der Waals surface area contributed by atoms with Crippen LogP contribution in [0.25, 0.3) is 0 Å². The highest BCUT2D eigenvalue weighted by molar-refractivity contribution is 7.93. The Kier molecular flexibility index (Phi) is 4.01. The zero-order chi connectivity index (χ0) is 14.0. The molecule has 1 aromatic rings. The summed E-state index contributed by atoms with van der Waals surface area (Å²) in [4.78, 5) is 11.9. The maximum atomic E-state index is 12.3. The smallest absolute Gasteiger partial charge is 0.442 e. The highest BCUT2D eigenvalue weighted by atomic mass is 32.2. The summed E-state index contributed by atoms with van der Waals surface area (Å²) < 4.78 is 20.9. The number of amides is 1. The van der Waals surface area contributed by atoms with Crippen LogP contribution in [-0.4, -0.2) is 22.2 Å². The van der Waals surface area contributed by atoms with Crippen LogP contribution in [0.2, 0.25) is 0 Å². The highest BCUT2D eigenvalue weighted by Crippen LogP contribution is 2.16. The van der Waals surface area contributed by atoms with Crippen LogP contribution in [0.4, 0.5) is 10.5 Å². The van der Waals surface area contributed by atoms with Gasteiger partial charge in [-0.25, -0.2) is 9.00 Å². The predicted molar refractivity (Wildman–Crippen MR) is 71.8 cm³/mol. The van der Waals surface area contributed by atoms with E-state index in [4.69, 9.17) is 10.5 Å². The summed E-state index contributed by atoms with van der Waals surface area (Å²) >= 11 is 0. The number of ether oxygens (including phenoxy) is 1. The van der Waals surface area contributed by atoms with Gasteiger partial charge in [-0.3, -0.25) is 0 Å². The quantitative estimate of drug-likeness (QED) is 0.795. The van der Waals surface area contributed by atoms with Gasteiger partial charge in [0, 0.05) is 16.8 Å². The fourth-order valence-corrected chi connectivity index (χ4v) is 2.34. The summed E-state index contributed by atoms with van der Waals surface area (Å²) in [5.74, 6) is 0. The van der Waals surface area contributed by atoms with Crippen LogP contribution >= 0.6 is 0 Å². The van der Waals surface area contributed by atoms with E-state index in [1.54, 1.807) is 39.0 Å². The molecule has 0 heterocycles. The van der Waals surface area contributed by atoms with Gasteiger partial charge in [0.05, 0.1) is 9.73 Å². The lowest BCUT2D eigenvalue weighted by atomic mass is 10.2. The first kappa shape index (κ1) is 14.5. The van der Waals surface area contributed by atoms with Crippen molar-refractivity contribution in [3.63, 3.8) is 0 Å². The van der Waals surface area contributed by atoms with Crippen LogP contribution in [0.3, 0.4) is 0 Å². The second kappa shape index (κ2) is 4.97. The van der Waals surface area contributed by atoms with E-state index in [9.17, 15) is 9.00 Å². The molecule has 0 saturated carbocycles. The van der Waals surface area contributed by atoms with Gasteiger partial charge in [0.2, 0.25) is 0 Å². The van der Waals surface area contributed by atoms with Crippen LogP contribution < -0.4 is 5.73 Å². The summed E-state index contributed by atoms with van der Waals surface area (Å²) in [7, 11) is -2.83. The lowest BCUT2D eigenvalue weighted by Crippen LogP contribution is -2.22. The van der Waals surface area contributed by atoms with E-state index in [0.29, 0.717) is 10.6 Å². The number of benzene rings is 1. The first-order valence-corrected chi connectivity index (χ1v) is 7.33. The number of rotatable bonds is 1. The van der Waals surface area contributed by atoms with Crippen LogP contribution in [-0.2, 0) is 14.5 Å². The summed E-state index contributed by atoms with van der Waals surface area (Å²) in [6.45, 7) is 5.16. The summed E-state index contributed by atoms with van der Waals surface area (Å²) in [6, 6.07) is 6.49. The molecule has 0 fully saturated rings. The molecule has 0 aromatic heterocycles. The van der Waals surface area contributed by atoms with Crippen molar-refractivity contribution in [3.8, 4) is 0 Å². The standard InChI is InChI=1S/C12H18N2O3S/c1-12(2,3)17-11(15)14-18(4,16)10-7-5-6-9(13)8-10/h5-8H,13H2,1-4H3. The van der Waals surface area contributed by atoms with Gasteiger partial charge in [0.1, 0.15) is 5.60 Å². The Morgan fingerprint density at radius 1 is 1.39 bits per heavy atom. The number of anilines is 1. The number of hydrogen-bond acceptors (Lipinski definition) is 4. The van der Waals surface area contributed by atoms with Crippen LogP contribution in [0, 0.1) is 0 Å². The number of carbonyl (C=O) groups excluding carboxylic acids is 1. The zero-order valence-electron chi connectivity index (χ0n) is 11.0. The minimum absolute atomic E-state index is 0.411. The average Bonchev–Trinajstić information content (AvgIpc) is 2.13. The molecule has 0 radical (unpaired) electrons. The Balaban J connectivity index is 3.07. The molecule has 100 valence electrons. The SMILES string of the molecule is CC(C)(C)OC(=O)N=S(C)(=O)c1cccc(N)c1. The summed E-state index contributed by atoms with van der Waals surface area (Å²) in [5.41, 5.74) is 5.42. The van der Waals surface area contributed by atoms with Gasteiger partial charge >= 0.3 is 6.09 Å². The Bertz CT molecular complexity index is 567. The molecule has 1 aromatic carbocycles. The Hall–Kier alpha value is -1.56. The van der Waals surface area contributed by atoms with Gasteiger partial charge in [-0.1, -0.05) is 6.07 Å². The molecule has 1 amide bonds. The number of nitrogens with zero attached hydrogens (tertiary/aromatic N) is 1. The van der Waals surface area contributed by atoms with Crippen molar-refractivity contribution in [1.82, 2.24) is 0 Å². The molecular weight excluding hydrogens is 252 g/mol. The molecular formula is C12H18N2O3S. The molecule has 2 N–H and O–H groups in total. The van der Waals surface area contributed by atoms with Crippen LogP contribution in [0.15, 0.2) is 33.5 Å². The first-order chi connectivity index (χ1) is 8.10. The third-order valence-electron chi connectivity index (χ3n) is 1.94. The molecule has 18 heavy (non-hydrogen) atoms. The van der Waals surface area contributed by atoms with Gasteiger partial charge in [0.15, 0.2) is 0 Å². The molecule has 1 atom stereocenters. The Labute approximate surface area is 108 Å². The van der Waals surface area contributed by atoms with E-state index < -0.39 is 21.4 Å². The van der Waals surface area contributed by atoms with Gasteiger partial charge in [-0.2, -0.15) is 0 Å². The Morgan fingerprint density at radius 3 is 2.50 bits per heavy atom. The summed E-state index contributed by atoms with van der Waals surface area (Å²) in [6.07, 6.45) is 0.545. The molecule has 0 aliphatic heterocycles. The largest absolute Gasteiger partial charge is 0.442 e. The van der Waals surface area contributed by atoms with E-state index in [2.05, 4.69) is 4.36 Å². The highest BCUT2D eigenvalue weighted by Gasteiger charge is 2.18. The number of nitrogens with two attached hydrogens (primary N) is 1. The maximum absolute atomic E-state index is 12.3. The molecule has 0 spiro atoms. The van der Waals surface area contributed by atoms with Gasteiger partial charge in [-0.05, 0) is 39.0 Å². The number of hydrogen-bond donors (Lipinski definition) is 1. The normalized spacial score (nSPS) is 14.7. The predicted octanol–water partition coefficient (Wildman–Crippen LogP) is 2.66. The van der Waals surface area contributed by atoms with E-state index in [1.807, 2.05) is 0 Å². The van der Waals surface area contributed by atoms with Gasteiger partial charge in [-0.15, -0.1) is 4.36 Å². The second-order valence-electron chi connectivity index (χ2n) is 4.95. The van der Waals surface area contributed by atoms with E-state index in [-0.39, 0.29) is 0 Å². The molecule has 1 unspecified atom stereocenters. The molecule has 0 saturated heterocycles. The first-order valence-electron chi connectivity index (χ1n) is 5.41. The molecule has 1 rings (SSSR count). The van der Waals surface area contributed by atoms with Crippen molar-refractivity contribution >= 4 is 21.5 Å². The zero-order valence-corrected chi connectivity index (χ0v) is 11.8. The minimum Gasteiger partial charge on any atom is -0.442 e. The lowest BCUT2D eigenvalue weighted by molar-refractivity contribution is 0.0607. The van der Waals surface area contributed by atoms with Crippen molar-refractivity contribution in [2.24, 2.45) is 4.36 Å². The second-order valence-corrected chi connectivity index (χ2v) is 7.21. The fourth-order valence-electron chi connectivity index (χ4n) is 1.23. The fraction of sp³-hybridized carbons (Fsp3) is 0.417. The van der Waals surface area contributed by atoms with Gasteiger partial charge < -0.3 is 10.5 Å². The lowest BCUT2D eigenvalue weighted by Gasteiger charge is -2.17. The molecule has 0 aliphatic carbocycles. The van der Waals surface area contributed by atoms with Crippen molar-refractivity contribution in [2.45, 2.75) is 31.3 Å². The molecule has 0 aliphatic rings. The maximum Gasteiger partial charge on any atom is 0.442 e. The average molecular weight is 270 g/mol. The van der Waals surface area contributed by atoms with Crippen molar-refractivity contribution < 1.29 is 13.7 Å². The molecule has 6 heteroatoms. The Morgan fingerprint density at radius 2 is 2.00 bits per heavy atom. The third-order valence-corrected chi connectivity index (χ3v) is 3.56. The number of nitrogen functional groups attached to an aromatic ring is 1. The molecule has 5 nitrogen and oxygen atoms in total. The topological polar surface area (TPSA) is 81.8 Å². The number of carbonyl (C=O) groups is 1. The van der Waals surface area contributed by atoms with E-state index in [0.717, 1.165) is 0 Å². The van der Waals surface area contributed by atoms with E-state index in [1.165, 1.54) is 12.3 Å². The van der Waals surface area contributed by atoms with E-state index >= 15 is 0 Å². The minimum atomic E-state index is -2.83. The summed E-state index contributed by atoms with van der Waals surface area (Å²) in [5, 5.41) is 0. The van der Waals surface area contributed by atoms with Crippen LogP contribution in [0.1, 0.15) is 20.8 Å². The molecule has 0 bridgehead atoms. The monoisotopic (exact) mass is 270 g/mol. The van der Waals surface area contributed by atoms with Crippen molar-refractivity contribution in [2.75, 3.05) is 12.0 Å². The van der Waals surface area contributed by atoms with Crippen molar-refractivity contribution in [1.29, 1.82) is 0 Å².